The SMILES string of the molecule is Cc1ccc(S(=O)(=O)N(CCC2C=CC(OCc3ccccc3)=CC2)Cc2ccccc2)cc1C(=O)O. The molecule has 3 aromatic rings. The molecular weight excluding hydrogens is 486 g/mol. The number of sulfonamides is 1. The number of hydrogen-bond donors (Lipinski definition) is 1. The smallest absolute Gasteiger partial charge is 0.335 e. The molecule has 1 aliphatic rings. The number of ether oxygens (including phenoxy) is 1. The molecule has 1 aliphatic carbocycles. The topological polar surface area (TPSA) is 83.9 Å². The predicted molar refractivity (Wildman–Crippen MR) is 143 cm³/mol. The average Bonchev–Trinajstić information content (AvgIpc) is 2.91. The number of carboxylic acids is 1. The Balaban J connectivity index is 1.45. The van der Waals surface area contributed by atoms with Crippen molar-refractivity contribution >= 4 is 16.0 Å². The summed E-state index contributed by atoms with van der Waals surface area (Å²) in [5, 5.41) is 9.50. The number of rotatable bonds is 11. The Bertz CT molecular complexity index is 1380. The van der Waals surface area contributed by atoms with Crippen LogP contribution < -0.4 is 0 Å². The maximum Gasteiger partial charge on any atom is 0.335 e. The zero-order valence-corrected chi connectivity index (χ0v) is 21.6. The van der Waals surface area contributed by atoms with E-state index in [1.54, 1.807) is 13.0 Å². The quantitative estimate of drug-likeness (QED) is 0.340. The molecule has 6 nitrogen and oxygen atoms in total. The molecule has 0 fully saturated rings. The summed E-state index contributed by atoms with van der Waals surface area (Å²) in [4.78, 5) is 11.6. The summed E-state index contributed by atoms with van der Waals surface area (Å²) in [5.74, 6) is -0.159. The maximum atomic E-state index is 13.7. The summed E-state index contributed by atoms with van der Waals surface area (Å²) in [6, 6.07) is 23.7. The zero-order chi connectivity index (χ0) is 26.3. The Morgan fingerprint density at radius 2 is 1.68 bits per heavy atom. The Hall–Kier alpha value is -3.68. The van der Waals surface area contributed by atoms with Gasteiger partial charge in [0, 0.05) is 13.1 Å². The highest BCUT2D eigenvalue weighted by Crippen LogP contribution is 2.26. The van der Waals surface area contributed by atoms with E-state index in [2.05, 4.69) is 6.08 Å². The van der Waals surface area contributed by atoms with Gasteiger partial charge in [-0.05, 0) is 66.7 Å². The average molecular weight is 518 g/mol. The Morgan fingerprint density at radius 1 is 1.00 bits per heavy atom. The first-order valence-corrected chi connectivity index (χ1v) is 13.7. The number of allylic oxidation sites excluding steroid dienone is 3. The van der Waals surface area contributed by atoms with Gasteiger partial charge in [-0.1, -0.05) is 72.8 Å². The van der Waals surface area contributed by atoms with Crippen LogP contribution in [0, 0.1) is 12.8 Å². The van der Waals surface area contributed by atoms with Crippen LogP contribution in [-0.2, 0) is 27.9 Å². The van der Waals surface area contributed by atoms with Crippen molar-refractivity contribution in [3.05, 3.63) is 125 Å². The van der Waals surface area contributed by atoms with E-state index in [9.17, 15) is 18.3 Å². The van der Waals surface area contributed by atoms with Crippen molar-refractivity contribution in [1.82, 2.24) is 4.31 Å². The lowest BCUT2D eigenvalue weighted by atomic mass is 9.96. The van der Waals surface area contributed by atoms with Crippen LogP contribution in [0.3, 0.4) is 0 Å². The molecule has 3 aromatic carbocycles. The standard InChI is InChI=1S/C30H31NO5S/c1-23-12-17-28(20-29(23)30(32)33)37(34,35)31(21-25-8-4-2-5-9-25)19-18-24-13-15-27(16-14-24)36-22-26-10-6-3-7-11-26/h2-13,15-17,20,24H,14,18-19,21-22H2,1H3,(H,32,33). The molecule has 1 unspecified atom stereocenters. The second-order valence-corrected chi connectivity index (χ2v) is 11.1. The number of aryl methyl sites for hydroxylation is 1. The van der Waals surface area contributed by atoms with Gasteiger partial charge in [-0.2, -0.15) is 4.31 Å². The van der Waals surface area contributed by atoms with E-state index in [0.717, 1.165) is 23.3 Å². The lowest BCUT2D eigenvalue weighted by molar-refractivity contribution is 0.0696. The van der Waals surface area contributed by atoms with Gasteiger partial charge in [-0.3, -0.25) is 0 Å². The molecule has 0 aromatic heterocycles. The van der Waals surface area contributed by atoms with Crippen LogP contribution in [0.4, 0.5) is 0 Å². The van der Waals surface area contributed by atoms with Crippen LogP contribution in [0.1, 0.15) is 39.9 Å². The molecule has 0 heterocycles. The monoisotopic (exact) mass is 517 g/mol. The van der Waals surface area contributed by atoms with Gasteiger partial charge in [0.2, 0.25) is 10.0 Å². The number of benzene rings is 3. The highest BCUT2D eigenvalue weighted by Gasteiger charge is 2.27. The first-order chi connectivity index (χ1) is 17.8. The molecule has 7 heteroatoms. The largest absolute Gasteiger partial charge is 0.489 e. The molecule has 0 saturated carbocycles. The number of hydrogen-bond acceptors (Lipinski definition) is 4. The number of nitrogens with zero attached hydrogens (tertiary/aromatic N) is 1. The normalized spacial score (nSPS) is 15.4. The summed E-state index contributed by atoms with van der Waals surface area (Å²) in [5.41, 5.74) is 2.48. The van der Waals surface area contributed by atoms with Crippen molar-refractivity contribution < 1.29 is 23.1 Å². The van der Waals surface area contributed by atoms with Crippen LogP contribution in [0.2, 0.25) is 0 Å². The van der Waals surface area contributed by atoms with E-state index >= 15 is 0 Å². The van der Waals surface area contributed by atoms with Crippen LogP contribution in [0.25, 0.3) is 0 Å². The Labute approximate surface area is 218 Å². The summed E-state index contributed by atoms with van der Waals surface area (Å²) in [7, 11) is -3.92. The molecule has 4 rings (SSSR count). The second-order valence-electron chi connectivity index (χ2n) is 9.13. The van der Waals surface area contributed by atoms with Crippen LogP contribution in [0.5, 0.6) is 0 Å². The third-order valence-corrected chi connectivity index (χ3v) is 8.27. The fourth-order valence-corrected chi connectivity index (χ4v) is 5.70. The van der Waals surface area contributed by atoms with E-state index < -0.39 is 16.0 Å². The van der Waals surface area contributed by atoms with E-state index in [0.29, 0.717) is 25.1 Å². The summed E-state index contributed by atoms with van der Waals surface area (Å²) in [6.07, 6.45) is 7.45. The molecule has 0 aliphatic heterocycles. The highest BCUT2D eigenvalue weighted by molar-refractivity contribution is 7.89. The molecule has 1 atom stereocenters. The minimum Gasteiger partial charge on any atom is -0.489 e. The van der Waals surface area contributed by atoms with Crippen molar-refractivity contribution in [3.63, 3.8) is 0 Å². The summed E-state index contributed by atoms with van der Waals surface area (Å²) in [6.45, 7) is 2.66. The first kappa shape index (κ1) is 26.4. The second kappa shape index (κ2) is 12.0. The lowest BCUT2D eigenvalue weighted by Crippen LogP contribution is -2.32. The minimum absolute atomic E-state index is 0.0101. The molecule has 192 valence electrons. The molecule has 1 N–H and O–H groups in total. The van der Waals surface area contributed by atoms with E-state index in [-0.39, 0.29) is 22.9 Å². The van der Waals surface area contributed by atoms with Crippen molar-refractivity contribution in [1.29, 1.82) is 0 Å². The van der Waals surface area contributed by atoms with Gasteiger partial charge in [-0.15, -0.1) is 0 Å². The fraction of sp³-hybridized carbons (Fsp3) is 0.233. The van der Waals surface area contributed by atoms with Crippen molar-refractivity contribution in [3.8, 4) is 0 Å². The van der Waals surface area contributed by atoms with Crippen molar-refractivity contribution in [2.45, 2.75) is 37.8 Å². The molecule has 0 spiro atoms. The number of aromatic carboxylic acids is 1. The number of carboxylic acid groups (broad SMARTS) is 1. The van der Waals surface area contributed by atoms with Crippen LogP contribution in [-0.4, -0.2) is 30.3 Å². The predicted octanol–water partition coefficient (Wildman–Crippen LogP) is 5.95. The van der Waals surface area contributed by atoms with Gasteiger partial charge in [0.25, 0.3) is 0 Å². The minimum atomic E-state index is -3.92. The van der Waals surface area contributed by atoms with Crippen molar-refractivity contribution in [2.24, 2.45) is 5.92 Å². The Morgan fingerprint density at radius 3 is 2.30 bits per heavy atom. The molecule has 0 saturated heterocycles. The van der Waals surface area contributed by atoms with E-state index in [1.165, 1.54) is 16.4 Å². The Kier molecular flexibility index (Phi) is 8.58. The molecule has 37 heavy (non-hydrogen) atoms. The number of carbonyl (C=O) groups is 1. The summed E-state index contributed by atoms with van der Waals surface area (Å²) >= 11 is 0. The van der Waals surface area contributed by atoms with E-state index in [1.807, 2.05) is 72.8 Å². The third kappa shape index (κ3) is 6.96. The summed E-state index contributed by atoms with van der Waals surface area (Å²) < 4.78 is 34.6. The molecule has 0 radical (unpaired) electrons. The molecular formula is C30H31NO5S. The third-order valence-electron chi connectivity index (χ3n) is 6.43. The van der Waals surface area contributed by atoms with Gasteiger partial charge >= 0.3 is 5.97 Å². The molecule has 0 amide bonds. The maximum absolute atomic E-state index is 13.7. The van der Waals surface area contributed by atoms with Crippen molar-refractivity contribution in [2.75, 3.05) is 6.54 Å². The fourth-order valence-electron chi connectivity index (χ4n) is 4.23. The molecule has 0 bridgehead atoms. The van der Waals surface area contributed by atoms with Gasteiger partial charge in [0.15, 0.2) is 0 Å². The van der Waals surface area contributed by atoms with Gasteiger partial charge in [0.05, 0.1) is 10.5 Å². The van der Waals surface area contributed by atoms with Crippen LogP contribution in [0.15, 0.2) is 108 Å². The lowest BCUT2D eigenvalue weighted by Gasteiger charge is -2.25. The first-order valence-electron chi connectivity index (χ1n) is 12.3. The highest BCUT2D eigenvalue weighted by atomic mass is 32.2. The zero-order valence-electron chi connectivity index (χ0n) is 20.8. The van der Waals surface area contributed by atoms with E-state index in [4.69, 9.17) is 4.74 Å². The van der Waals surface area contributed by atoms with Gasteiger partial charge in [0.1, 0.15) is 12.4 Å². The van der Waals surface area contributed by atoms with Crippen LogP contribution >= 0.6 is 0 Å². The van der Waals surface area contributed by atoms with Gasteiger partial charge < -0.3 is 9.84 Å². The van der Waals surface area contributed by atoms with Gasteiger partial charge in [-0.25, -0.2) is 13.2 Å².